The largest absolute Gasteiger partial charge is 0.325 e. The second kappa shape index (κ2) is 6.27. The molecular weight excluding hydrogens is 296 g/mol. The van der Waals surface area contributed by atoms with E-state index in [1.165, 1.54) is 28.3 Å². The van der Waals surface area contributed by atoms with Crippen LogP contribution in [0.25, 0.3) is 10.8 Å². The fourth-order valence-corrected chi connectivity index (χ4v) is 3.71. The third kappa shape index (κ3) is 2.71. The molecule has 2 aliphatic rings. The van der Waals surface area contributed by atoms with Crippen molar-refractivity contribution in [1.29, 1.82) is 0 Å². The predicted molar refractivity (Wildman–Crippen MR) is 92.9 cm³/mol. The number of carbonyl (C=O) groups excluding carboxylic acids is 1. The zero-order valence-corrected chi connectivity index (χ0v) is 13.3. The van der Waals surface area contributed by atoms with E-state index in [0.717, 1.165) is 31.5 Å². The first-order valence-electron chi connectivity index (χ1n) is 7.88. The van der Waals surface area contributed by atoms with E-state index in [2.05, 4.69) is 41.0 Å². The summed E-state index contributed by atoms with van der Waals surface area (Å²) in [6, 6.07) is 11.0. The van der Waals surface area contributed by atoms with Crippen LogP contribution in [0, 0.1) is 0 Å². The highest BCUT2D eigenvalue weighted by molar-refractivity contribution is 6.05. The molecule has 0 aromatic heterocycles. The van der Waals surface area contributed by atoms with Gasteiger partial charge in [0.05, 0.1) is 0 Å². The zero-order valence-electron chi connectivity index (χ0n) is 12.5. The predicted octanol–water partition coefficient (Wildman–Crippen LogP) is 3.44. The first kappa shape index (κ1) is 15.3. The topological polar surface area (TPSA) is 41.1 Å². The average Bonchev–Trinajstić information content (AvgIpc) is 3.13. The molecule has 2 N–H and O–H groups in total. The highest BCUT2D eigenvalue weighted by atomic mass is 35.5. The molecule has 116 valence electrons. The van der Waals surface area contributed by atoms with Crippen LogP contribution in [-0.4, -0.2) is 18.5 Å². The van der Waals surface area contributed by atoms with Crippen LogP contribution in [0.1, 0.15) is 30.4 Å². The zero-order chi connectivity index (χ0) is 14.2. The highest BCUT2D eigenvalue weighted by Crippen LogP contribution is 2.35. The third-order valence-electron chi connectivity index (χ3n) is 4.75. The number of nitrogens with one attached hydrogen (secondary N) is 2. The molecule has 2 aromatic rings. The van der Waals surface area contributed by atoms with Gasteiger partial charge in [-0.3, -0.25) is 4.79 Å². The fraction of sp³-hybridized carbons (Fsp3) is 0.389. The number of anilines is 1. The minimum atomic E-state index is 0. The minimum Gasteiger partial charge on any atom is -0.325 e. The quantitative estimate of drug-likeness (QED) is 0.910. The highest BCUT2D eigenvalue weighted by Gasteiger charge is 2.19. The van der Waals surface area contributed by atoms with Gasteiger partial charge in [-0.2, -0.15) is 0 Å². The minimum absolute atomic E-state index is 0. The van der Waals surface area contributed by atoms with Gasteiger partial charge >= 0.3 is 0 Å². The molecule has 0 radical (unpaired) electrons. The van der Waals surface area contributed by atoms with Gasteiger partial charge in [-0.25, -0.2) is 0 Å². The lowest BCUT2D eigenvalue weighted by Crippen LogP contribution is -2.27. The second-order valence-electron chi connectivity index (χ2n) is 6.16. The molecule has 0 saturated carbocycles. The number of carbonyl (C=O) groups is 1. The van der Waals surface area contributed by atoms with Gasteiger partial charge in [0.25, 0.3) is 0 Å². The summed E-state index contributed by atoms with van der Waals surface area (Å²) in [5, 5.41) is 9.04. The normalized spacial score (nSPS) is 19.2. The van der Waals surface area contributed by atoms with E-state index < -0.39 is 0 Å². The Morgan fingerprint density at radius 2 is 2.00 bits per heavy atom. The standard InChI is InChI=1S/C18H20N2O.ClH/c21-17(11-14-4-2-10-19-14)20-16-9-8-13-7-6-12-3-1-5-15(16)18(12)13;/h1,3,5,8-9,14,19H,2,4,6-7,10-11H2,(H,20,21);1H. The Morgan fingerprint density at radius 3 is 2.77 bits per heavy atom. The lowest BCUT2D eigenvalue weighted by atomic mass is 10.0. The molecule has 4 rings (SSSR count). The number of halogens is 1. The van der Waals surface area contributed by atoms with E-state index in [9.17, 15) is 4.79 Å². The molecule has 0 spiro atoms. The Balaban J connectivity index is 0.00000144. The van der Waals surface area contributed by atoms with E-state index in [0.29, 0.717) is 12.5 Å². The van der Waals surface area contributed by atoms with Crippen molar-refractivity contribution in [2.45, 2.75) is 38.1 Å². The average molecular weight is 317 g/mol. The Kier molecular flexibility index (Phi) is 4.37. The van der Waals surface area contributed by atoms with E-state index in [-0.39, 0.29) is 18.3 Å². The van der Waals surface area contributed by atoms with Gasteiger partial charge in [0.2, 0.25) is 5.91 Å². The molecule has 1 atom stereocenters. The molecule has 1 unspecified atom stereocenters. The number of rotatable bonds is 3. The molecule has 1 amide bonds. The van der Waals surface area contributed by atoms with E-state index in [1.54, 1.807) is 0 Å². The first-order valence-corrected chi connectivity index (χ1v) is 7.88. The molecule has 0 bridgehead atoms. The number of amides is 1. The molecule has 22 heavy (non-hydrogen) atoms. The molecule has 1 saturated heterocycles. The Hall–Kier alpha value is -1.58. The number of benzene rings is 2. The maximum Gasteiger partial charge on any atom is 0.225 e. The van der Waals surface area contributed by atoms with Crippen LogP contribution in [0.4, 0.5) is 5.69 Å². The molecule has 1 fully saturated rings. The molecular formula is C18H21ClN2O. The van der Waals surface area contributed by atoms with Crippen molar-refractivity contribution in [3.63, 3.8) is 0 Å². The van der Waals surface area contributed by atoms with Crippen LogP contribution in [0.5, 0.6) is 0 Å². The summed E-state index contributed by atoms with van der Waals surface area (Å²) < 4.78 is 0. The molecule has 4 heteroatoms. The van der Waals surface area contributed by atoms with Crippen molar-refractivity contribution < 1.29 is 4.79 Å². The number of hydrogen-bond acceptors (Lipinski definition) is 2. The summed E-state index contributed by atoms with van der Waals surface area (Å²) in [6.07, 6.45) is 5.10. The summed E-state index contributed by atoms with van der Waals surface area (Å²) in [5.74, 6) is 0.119. The van der Waals surface area contributed by atoms with Crippen LogP contribution in [0.2, 0.25) is 0 Å². The molecule has 1 heterocycles. The lowest BCUT2D eigenvalue weighted by Gasteiger charge is -2.13. The Morgan fingerprint density at radius 1 is 1.18 bits per heavy atom. The SMILES string of the molecule is Cl.O=C(CC1CCCN1)Nc1ccc2c3c(cccc13)CC2. The van der Waals surface area contributed by atoms with Crippen LogP contribution in [0.15, 0.2) is 30.3 Å². The van der Waals surface area contributed by atoms with Gasteiger partial charge in [-0.1, -0.05) is 24.3 Å². The summed E-state index contributed by atoms with van der Waals surface area (Å²) in [5.41, 5.74) is 3.78. The van der Waals surface area contributed by atoms with E-state index in [4.69, 9.17) is 0 Å². The first-order chi connectivity index (χ1) is 10.3. The van der Waals surface area contributed by atoms with Gasteiger partial charge < -0.3 is 10.6 Å². The van der Waals surface area contributed by atoms with Crippen molar-refractivity contribution in [3.8, 4) is 0 Å². The van der Waals surface area contributed by atoms with Crippen LogP contribution in [-0.2, 0) is 17.6 Å². The molecule has 1 aliphatic carbocycles. The summed E-state index contributed by atoms with van der Waals surface area (Å²) in [6.45, 7) is 1.04. The van der Waals surface area contributed by atoms with Crippen LogP contribution < -0.4 is 10.6 Å². The third-order valence-corrected chi connectivity index (χ3v) is 4.75. The smallest absolute Gasteiger partial charge is 0.225 e. The summed E-state index contributed by atoms with van der Waals surface area (Å²) in [4.78, 5) is 12.2. The van der Waals surface area contributed by atoms with Crippen molar-refractivity contribution in [3.05, 3.63) is 41.5 Å². The molecule has 2 aromatic carbocycles. The van der Waals surface area contributed by atoms with Gasteiger partial charge in [0.1, 0.15) is 0 Å². The van der Waals surface area contributed by atoms with Crippen molar-refractivity contribution in [2.24, 2.45) is 0 Å². The Bertz CT molecular complexity index is 697. The molecule has 3 nitrogen and oxygen atoms in total. The number of hydrogen-bond donors (Lipinski definition) is 2. The maximum atomic E-state index is 12.2. The number of aryl methyl sites for hydroxylation is 2. The van der Waals surface area contributed by atoms with Crippen LogP contribution in [0.3, 0.4) is 0 Å². The fourth-order valence-electron chi connectivity index (χ4n) is 3.71. The summed E-state index contributed by atoms with van der Waals surface area (Å²) in [7, 11) is 0. The monoisotopic (exact) mass is 316 g/mol. The van der Waals surface area contributed by atoms with E-state index in [1.807, 2.05) is 0 Å². The summed E-state index contributed by atoms with van der Waals surface area (Å²) >= 11 is 0. The second-order valence-corrected chi connectivity index (χ2v) is 6.16. The van der Waals surface area contributed by atoms with E-state index >= 15 is 0 Å². The van der Waals surface area contributed by atoms with Crippen molar-refractivity contribution in [1.82, 2.24) is 5.32 Å². The lowest BCUT2D eigenvalue weighted by molar-refractivity contribution is -0.116. The maximum absolute atomic E-state index is 12.2. The van der Waals surface area contributed by atoms with Gasteiger partial charge in [0, 0.05) is 23.5 Å². The Labute approximate surface area is 136 Å². The van der Waals surface area contributed by atoms with Gasteiger partial charge in [0.15, 0.2) is 0 Å². The van der Waals surface area contributed by atoms with Crippen molar-refractivity contribution in [2.75, 3.05) is 11.9 Å². The van der Waals surface area contributed by atoms with Crippen LogP contribution >= 0.6 is 12.4 Å². The molecule has 1 aliphatic heterocycles. The van der Waals surface area contributed by atoms with Crippen molar-refractivity contribution >= 4 is 34.8 Å². The van der Waals surface area contributed by atoms with Gasteiger partial charge in [-0.05, 0) is 54.8 Å². The van der Waals surface area contributed by atoms with Gasteiger partial charge in [-0.15, -0.1) is 12.4 Å².